The van der Waals surface area contributed by atoms with Crippen molar-refractivity contribution in [2.45, 2.75) is 33.6 Å². The highest BCUT2D eigenvalue weighted by Gasteiger charge is 2.49. The summed E-state index contributed by atoms with van der Waals surface area (Å²) in [6.07, 6.45) is 1.51. The van der Waals surface area contributed by atoms with E-state index in [9.17, 15) is 4.79 Å². The summed E-state index contributed by atoms with van der Waals surface area (Å²) in [5.41, 5.74) is 0.0571. The van der Waals surface area contributed by atoms with Crippen molar-refractivity contribution in [3.05, 3.63) is 0 Å². The lowest BCUT2D eigenvalue weighted by molar-refractivity contribution is -0.135. The molecule has 0 saturated heterocycles. The van der Waals surface area contributed by atoms with Crippen LogP contribution < -0.4 is 0 Å². The van der Waals surface area contributed by atoms with Crippen molar-refractivity contribution in [2.24, 2.45) is 17.3 Å². The van der Waals surface area contributed by atoms with Crippen LogP contribution in [0, 0.1) is 28.6 Å². The Morgan fingerprint density at radius 1 is 1.67 bits per heavy atom. The van der Waals surface area contributed by atoms with Crippen LogP contribution in [0.15, 0.2) is 0 Å². The summed E-state index contributed by atoms with van der Waals surface area (Å²) in [5.74, 6) is 0.890. The van der Waals surface area contributed by atoms with E-state index in [2.05, 4.69) is 19.9 Å². The van der Waals surface area contributed by atoms with Crippen LogP contribution in [0.4, 0.5) is 0 Å². The molecule has 0 aromatic carbocycles. The summed E-state index contributed by atoms with van der Waals surface area (Å²) in [4.78, 5) is 11.1. The maximum atomic E-state index is 11.1. The lowest BCUT2D eigenvalue weighted by Gasteiger charge is -2.50. The number of hydrogen-bond acceptors (Lipinski definition) is 2. The number of ketones is 1. The van der Waals surface area contributed by atoms with E-state index in [0.717, 1.165) is 6.42 Å². The van der Waals surface area contributed by atoms with E-state index < -0.39 is 0 Å². The van der Waals surface area contributed by atoms with Gasteiger partial charge in [0, 0.05) is 12.3 Å². The normalized spacial score (nSPS) is 31.8. The first-order valence-electron chi connectivity index (χ1n) is 4.37. The van der Waals surface area contributed by atoms with E-state index in [1.807, 2.05) is 0 Å². The zero-order chi connectivity index (χ0) is 9.35. The molecule has 0 unspecified atom stereocenters. The molecule has 0 aliphatic heterocycles. The van der Waals surface area contributed by atoms with Crippen LogP contribution in [0.5, 0.6) is 0 Å². The standard InChI is InChI=1S/C10H15NO/c1-7(12)9-6-8(4-5-11)10(9,2)3/h8-9H,4,6H2,1-3H3/t8-,9+/m0/s1. The van der Waals surface area contributed by atoms with E-state index in [1.54, 1.807) is 6.92 Å². The SMILES string of the molecule is CC(=O)[C@H]1C[C@H](CC#N)C1(C)C. The highest BCUT2D eigenvalue weighted by atomic mass is 16.1. The summed E-state index contributed by atoms with van der Waals surface area (Å²) >= 11 is 0. The van der Waals surface area contributed by atoms with Gasteiger partial charge in [-0.25, -0.2) is 0 Å². The third kappa shape index (κ3) is 1.24. The molecule has 2 atom stereocenters. The van der Waals surface area contributed by atoms with E-state index in [4.69, 9.17) is 5.26 Å². The molecular formula is C10H15NO. The maximum Gasteiger partial charge on any atom is 0.133 e. The lowest BCUT2D eigenvalue weighted by Crippen LogP contribution is -2.47. The molecule has 0 amide bonds. The molecule has 0 aromatic heterocycles. The molecule has 0 heterocycles. The van der Waals surface area contributed by atoms with Gasteiger partial charge < -0.3 is 0 Å². The Morgan fingerprint density at radius 3 is 2.58 bits per heavy atom. The number of hydrogen-bond donors (Lipinski definition) is 0. The van der Waals surface area contributed by atoms with Gasteiger partial charge in [-0.05, 0) is 24.7 Å². The fraction of sp³-hybridized carbons (Fsp3) is 0.800. The molecular weight excluding hydrogens is 150 g/mol. The molecule has 2 nitrogen and oxygen atoms in total. The van der Waals surface area contributed by atoms with Crippen molar-refractivity contribution in [1.82, 2.24) is 0 Å². The van der Waals surface area contributed by atoms with Crippen LogP contribution in [-0.4, -0.2) is 5.78 Å². The quantitative estimate of drug-likeness (QED) is 0.629. The minimum atomic E-state index is 0.0571. The first-order valence-corrected chi connectivity index (χ1v) is 4.37. The average Bonchev–Trinajstić information content (AvgIpc) is 1.96. The monoisotopic (exact) mass is 165 g/mol. The van der Waals surface area contributed by atoms with Crippen molar-refractivity contribution < 1.29 is 4.79 Å². The molecule has 1 aliphatic rings. The number of Topliss-reactive ketones (excluding diaryl/α,β-unsaturated/α-hetero) is 1. The second-order valence-corrected chi connectivity index (χ2v) is 4.28. The summed E-state index contributed by atoms with van der Waals surface area (Å²) in [6, 6.07) is 2.17. The Balaban J connectivity index is 2.61. The van der Waals surface area contributed by atoms with Crippen LogP contribution in [0.2, 0.25) is 0 Å². The largest absolute Gasteiger partial charge is 0.300 e. The zero-order valence-corrected chi connectivity index (χ0v) is 7.92. The molecule has 0 aromatic rings. The first kappa shape index (κ1) is 9.25. The molecule has 0 radical (unpaired) electrons. The third-order valence-electron chi connectivity index (χ3n) is 3.30. The number of carbonyl (C=O) groups excluding carboxylic acids is 1. The van der Waals surface area contributed by atoms with Gasteiger partial charge in [-0.15, -0.1) is 0 Å². The lowest BCUT2D eigenvalue weighted by atomic mass is 9.53. The first-order chi connectivity index (χ1) is 5.50. The molecule has 1 aliphatic carbocycles. The molecule has 0 spiro atoms. The molecule has 66 valence electrons. The predicted octanol–water partition coefficient (Wildman–Crippen LogP) is 2.15. The number of nitrogens with zero attached hydrogens (tertiary/aromatic N) is 1. The van der Waals surface area contributed by atoms with Gasteiger partial charge in [0.05, 0.1) is 6.07 Å². The molecule has 1 fully saturated rings. The van der Waals surface area contributed by atoms with Gasteiger partial charge >= 0.3 is 0 Å². The highest BCUT2D eigenvalue weighted by molar-refractivity contribution is 5.80. The van der Waals surface area contributed by atoms with Gasteiger partial charge in [0.1, 0.15) is 5.78 Å². The fourth-order valence-corrected chi connectivity index (χ4v) is 2.16. The fourth-order valence-electron chi connectivity index (χ4n) is 2.16. The Labute approximate surface area is 73.6 Å². The molecule has 1 saturated carbocycles. The van der Waals surface area contributed by atoms with Crippen molar-refractivity contribution in [3.63, 3.8) is 0 Å². The van der Waals surface area contributed by atoms with E-state index in [-0.39, 0.29) is 17.1 Å². The Kier molecular flexibility index (Phi) is 2.23. The summed E-state index contributed by atoms with van der Waals surface area (Å²) in [7, 11) is 0. The summed E-state index contributed by atoms with van der Waals surface area (Å²) in [5, 5.41) is 8.52. The van der Waals surface area contributed by atoms with Gasteiger partial charge in [-0.1, -0.05) is 13.8 Å². The van der Waals surface area contributed by atoms with Gasteiger partial charge in [0.2, 0.25) is 0 Å². The number of nitriles is 1. The van der Waals surface area contributed by atoms with E-state index >= 15 is 0 Å². The minimum absolute atomic E-state index is 0.0571. The second-order valence-electron chi connectivity index (χ2n) is 4.28. The van der Waals surface area contributed by atoms with Crippen molar-refractivity contribution in [1.29, 1.82) is 5.26 Å². The van der Waals surface area contributed by atoms with Crippen LogP contribution >= 0.6 is 0 Å². The van der Waals surface area contributed by atoms with Crippen molar-refractivity contribution in [3.8, 4) is 6.07 Å². The summed E-state index contributed by atoms with van der Waals surface area (Å²) < 4.78 is 0. The van der Waals surface area contributed by atoms with Crippen molar-refractivity contribution in [2.75, 3.05) is 0 Å². The van der Waals surface area contributed by atoms with E-state index in [1.165, 1.54) is 0 Å². The molecule has 1 rings (SSSR count). The second kappa shape index (κ2) is 2.90. The third-order valence-corrected chi connectivity index (χ3v) is 3.30. The Morgan fingerprint density at radius 2 is 2.25 bits per heavy atom. The van der Waals surface area contributed by atoms with Gasteiger partial charge in [0.15, 0.2) is 0 Å². The van der Waals surface area contributed by atoms with Crippen LogP contribution in [-0.2, 0) is 4.79 Å². The smallest absolute Gasteiger partial charge is 0.133 e. The molecule has 0 bridgehead atoms. The Hall–Kier alpha value is -0.840. The minimum Gasteiger partial charge on any atom is -0.300 e. The molecule has 2 heteroatoms. The average molecular weight is 165 g/mol. The predicted molar refractivity (Wildman–Crippen MR) is 46.3 cm³/mol. The van der Waals surface area contributed by atoms with Gasteiger partial charge in [-0.3, -0.25) is 4.79 Å². The summed E-state index contributed by atoms with van der Waals surface area (Å²) in [6.45, 7) is 5.82. The maximum absolute atomic E-state index is 11.1. The van der Waals surface area contributed by atoms with Crippen molar-refractivity contribution >= 4 is 5.78 Å². The van der Waals surface area contributed by atoms with Crippen LogP contribution in [0.1, 0.15) is 33.6 Å². The van der Waals surface area contributed by atoms with Crippen LogP contribution in [0.25, 0.3) is 0 Å². The van der Waals surface area contributed by atoms with Crippen LogP contribution in [0.3, 0.4) is 0 Å². The number of rotatable bonds is 2. The molecule has 0 N–H and O–H groups in total. The zero-order valence-electron chi connectivity index (χ0n) is 7.92. The number of carbonyl (C=O) groups is 1. The topological polar surface area (TPSA) is 40.9 Å². The Bertz CT molecular complexity index is 237. The molecule has 12 heavy (non-hydrogen) atoms. The highest BCUT2D eigenvalue weighted by Crippen LogP contribution is 2.52. The van der Waals surface area contributed by atoms with Gasteiger partial charge in [-0.2, -0.15) is 5.26 Å². The van der Waals surface area contributed by atoms with Gasteiger partial charge in [0.25, 0.3) is 0 Å². The van der Waals surface area contributed by atoms with E-state index in [0.29, 0.717) is 12.3 Å².